The number of fused-ring (bicyclic) bond motifs is 1. The molecule has 4 nitrogen and oxygen atoms in total. The first-order valence-corrected chi connectivity index (χ1v) is 9.17. The SMILES string of the molecule is N=C1C(c2nc3ccccc3s2)=C(O)CN1CCc1ccc(Cl)cc1. The van der Waals surface area contributed by atoms with Gasteiger partial charge in [0.25, 0.3) is 0 Å². The van der Waals surface area contributed by atoms with Crippen LogP contribution in [0.15, 0.2) is 54.3 Å². The van der Waals surface area contributed by atoms with E-state index in [0.717, 1.165) is 27.2 Å². The summed E-state index contributed by atoms with van der Waals surface area (Å²) in [6.07, 6.45) is 0.792. The van der Waals surface area contributed by atoms with E-state index in [1.807, 2.05) is 53.4 Å². The zero-order chi connectivity index (χ0) is 17.4. The summed E-state index contributed by atoms with van der Waals surface area (Å²) in [5, 5.41) is 20.3. The van der Waals surface area contributed by atoms with Crippen molar-refractivity contribution in [1.82, 2.24) is 9.88 Å². The monoisotopic (exact) mass is 369 g/mol. The van der Waals surface area contributed by atoms with E-state index in [2.05, 4.69) is 4.98 Å². The minimum atomic E-state index is 0.222. The molecule has 6 heteroatoms. The van der Waals surface area contributed by atoms with E-state index in [4.69, 9.17) is 17.0 Å². The Labute approximate surface area is 154 Å². The fourth-order valence-electron chi connectivity index (χ4n) is 2.94. The fraction of sp³-hybridized carbons (Fsp3) is 0.158. The van der Waals surface area contributed by atoms with Crippen molar-refractivity contribution in [3.8, 4) is 0 Å². The average Bonchev–Trinajstić information content (AvgIpc) is 3.14. The zero-order valence-electron chi connectivity index (χ0n) is 13.4. The third-order valence-corrected chi connectivity index (χ3v) is 5.58. The maximum absolute atomic E-state index is 10.4. The highest BCUT2D eigenvalue weighted by atomic mass is 35.5. The third-order valence-electron chi connectivity index (χ3n) is 4.27. The van der Waals surface area contributed by atoms with Gasteiger partial charge in [0.15, 0.2) is 0 Å². The van der Waals surface area contributed by atoms with Crippen LogP contribution in [0.2, 0.25) is 5.02 Å². The quantitative estimate of drug-likeness (QED) is 0.697. The molecule has 3 aromatic rings. The van der Waals surface area contributed by atoms with Gasteiger partial charge in [0, 0.05) is 11.6 Å². The molecule has 126 valence electrons. The standard InChI is InChI=1S/C19H16ClN3OS/c20-13-7-5-12(6-8-13)9-10-23-11-15(24)17(18(23)21)19-22-14-3-1-2-4-16(14)25-19/h1-8,21,24H,9-11H2. The molecule has 0 saturated carbocycles. The maximum atomic E-state index is 10.4. The summed E-state index contributed by atoms with van der Waals surface area (Å²) >= 11 is 7.42. The molecule has 1 aliphatic heterocycles. The Morgan fingerprint density at radius 3 is 2.68 bits per heavy atom. The summed E-state index contributed by atoms with van der Waals surface area (Å²) in [4.78, 5) is 6.46. The van der Waals surface area contributed by atoms with Crippen molar-refractivity contribution in [3.05, 3.63) is 69.9 Å². The molecule has 4 rings (SSSR count). The Kier molecular flexibility index (Phi) is 4.19. The summed E-state index contributed by atoms with van der Waals surface area (Å²) in [5.41, 5.74) is 2.61. The first-order chi connectivity index (χ1) is 12.1. The van der Waals surface area contributed by atoms with Gasteiger partial charge >= 0.3 is 0 Å². The molecular formula is C19H16ClN3OS. The smallest absolute Gasteiger partial charge is 0.135 e. The number of nitrogens with one attached hydrogen (secondary N) is 1. The Morgan fingerprint density at radius 1 is 1.16 bits per heavy atom. The van der Waals surface area contributed by atoms with Gasteiger partial charge in [-0.05, 0) is 36.2 Å². The lowest BCUT2D eigenvalue weighted by Crippen LogP contribution is -2.28. The number of rotatable bonds is 4. The number of thiazole rings is 1. The van der Waals surface area contributed by atoms with E-state index in [1.165, 1.54) is 11.3 Å². The van der Waals surface area contributed by atoms with Crippen molar-refractivity contribution in [2.24, 2.45) is 0 Å². The molecule has 25 heavy (non-hydrogen) atoms. The number of hydrogen-bond donors (Lipinski definition) is 2. The number of halogens is 1. The van der Waals surface area contributed by atoms with Crippen LogP contribution in [0, 0.1) is 5.41 Å². The lowest BCUT2D eigenvalue weighted by Gasteiger charge is -2.18. The Bertz CT molecular complexity index is 945. The molecule has 0 aliphatic carbocycles. The number of amidine groups is 1. The molecule has 0 spiro atoms. The molecule has 2 N–H and O–H groups in total. The average molecular weight is 370 g/mol. The van der Waals surface area contributed by atoms with Crippen molar-refractivity contribution in [2.45, 2.75) is 6.42 Å². The van der Waals surface area contributed by atoms with E-state index in [-0.39, 0.29) is 5.76 Å². The highest BCUT2D eigenvalue weighted by molar-refractivity contribution is 7.19. The van der Waals surface area contributed by atoms with E-state index in [0.29, 0.717) is 29.5 Å². The molecule has 0 saturated heterocycles. The molecule has 2 heterocycles. The van der Waals surface area contributed by atoms with Crippen LogP contribution in [0.1, 0.15) is 10.6 Å². The van der Waals surface area contributed by atoms with Gasteiger partial charge in [-0.1, -0.05) is 35.9 Å². The van der Waals surface area contributed by atoms with Crippen molar-refractivity contribution >= 4 is 44.6 Å². The van der Waals surface area contributed by atoms with Crippen molar-refractivity contribution in [3.63, 3.8) is 0 Å². The van der Waals surface area contributed by atoms with Gasteiger partial charge in [-0.3, -0.25) is 5.41 Å². The minimum Gasteiger partial charge on any atom is -0.510 e. The molecule has 0 bridgehead atoms. The van der Waals surface area contributed by atoms with Crippen molar-refractivity contribution < 1.29 is 5.11 Å². The van der Waals surface area contributed by atoms with Gasteiger partial charge < -0.3 is 10.0 Å². The van der Waals surface area contributed by atoms with E-state index in [9.17, 15) is 5.11 Å². The number of aliphatic hydroxyl groups is 1. The fourth-order valence-corrected chi connectivity index (χ4v) is 4.10. The number of aromatic nitrogens is 1. The number of nitrogens with zero attached hydrogens (tertiary/aromatic N) is 2. The second-order valence-electron chi connectivity index (χ2n) is 5.96. The number of aliphatic hydroxyl groups excluding tert-OH is 1. The number of hydrogen-bond acceptors (Lipinski definition) is 4. The van der Waals surface area contributed by atoms with Gasteiger partial charge in [0.05, 0.1) is 22.3 Å². The Hall–Kier alpha value is -2.37. The summed E-state index contributed by atoms with van der Waals surface area (Å²) in [5.74, 6) is 0.561. The van der Waals surface area contributed by atoms with E-state index < -0.39 is 0 Å². The van der Waals surface area contributed by atoms with Crippen LogP contribution in [0.3, 0.4) is 0 Å². The van der Waals surface area contributed by atoms with Crippen molar-refractivity contribution in [2.75, 3.05) is 13.1 Å². The molecule has 0 amide bonds. The van der Waals surface area contributed by atoms with Gasteiger partial charge in [0.1, 0.15) is 16.6 Å². The largest absolute Gasteiger partial charge is 0.510 e. The van der Waals surface area contributed by atoms with Crippen LogP contribution in [-0.2, 0) is 6.42 Å². The Balaban J connectivity index is 1.51. The van der Waals surface area contributed by atoms with Gasteiger partial charge in [-0.2, -0.15) is 0 Å². The normalized spacial score (nSPS) is 14.8. The highest BCUT2D eigenvalue weighted by Gasteiger charge is 2.30. The Morgan fingerprint density at radius 2 is 1.92 bits per heavy atom. The lowest BCUT2D eigenvalue weighted by molar-refractivity contribution is 0.351. The lowest BCUT2D eigenvalue weighted by atomic mass is 10.1. The minimum absolute atomic E-state index is 0.222. The van der Waals surface area contributed by atoms with Gasteiger partial charge in [-0.25, -0.2) is 4.98 Å². The first kappa shape index (κ1) is 16.1. The predicted octanol–water partition coefficient (Wildman–Crippen LogP) is 4.75. The van der Waals surface area contributed by atoms with Crippen LogP contribution in [0.5, 0.6) is 0 Å². The van der Waals surface area contributed by atoms with E-state index in [1.54, 1.807) is 0 Å². The van der Waals surface area contributed by atoms with Crippen LogP contribution in [-0.4, -0.2) is 33.9 Å². The number of para-hydroxylation sites is 1. The molecule has 0 fully saturated rings. The molecule has 0 atom stereocenters. The van der Waals surface area contributed by atoms with Crippen LogP contribution in [0.4, 0.5) is 0 Å². The molecule has 0 radical (unpaired) electrons. The van der Waals surface area contributed by atoms with Gasteiger partial charge in [-0.15, -0.1) is 11.3 Å². The van der Waals surface area contributed by atoms with Crippen molar-refractivity contribution in [1.29, 1.82) is 5.41 Å². The third kappa shape index (κ3) is 3.13. The molecule has 1 aliphatic rings. The van der Waals surface area contributed by atoms with Crippen LogP contribution >= 0.6 is 22.9 Å². The predicted molar refractivity (Wildman–Crippen MR) is 104 cm³/mol. The first-order valence-electron chi connectivity index (χ1n) is 7.98. The summed E-state index contributed by atoms with van der Waals surface area (Å²) in [6, 6.07) is 15.6. The zero-order valence-corrected chi connectivity index (χ0v) is 14.9. The number of benzene rings is 2. The molecule has 0 unspecified atom stereocenters. The highest BCUT2D eigenvalue weighted by Crippen LogP contribution is 2.33. The summed E-state index contributed by atoms with van der Waals surface area (Å²) in [6.45, 7) is 1.02. The molecule has 1 aromatic heterocycles. The second-order valence-corrected chi connectivity index (χ2v) is 7.42. The summed E-state index contributed by atoms with van der Waals surface area (Å²) < 4.78 is 1.06. The van der Waals surface area contributed by atoms with E-state index >= 15 is 0 Å². The molecule has 2 aromatic carbocycles. The molecular weight excluding hydrogens is 354 g/mol. The maximum Gasteiger partial charge on any atom is 0.135 e. The van der Waals surface area contributed by atoms with Gasteiger partial charge in [0.2, 0.25) is 0 Å². The topological polar surface area (TPSA) is 60.2 Å². The second kappa shape index (κ2) is 6.50. The van der Waals surface area contributed by atoms with Crippen LogP contribution < -0.4 is 0 Å². The summed E-state index contributed by atoms with van der Waals surface area (Å²) in [7, 11) is 0. The van der Waals surface area contributed by atoms with Crippen LogP contribution in [0.25, 0.3) is 15.8 Å².